The van der Waals surface area contributed by atoms with Crippen LogP contribution in [-0.2, 0) is 6.54 Å². The Hall–Kier alpha value is -1.51. The van der Waals surface area contributed by atoms with E-state index in [4.69, 9.17) is 11.6 Å². The Kier molecular flexibility index (Phi) is 6.70. The monoisotopic (exact) mass is 337 g/mol. The summed E-state index contributed by atoms with van der Waals surface area (Å²) >= 11 is 6.18. The number of carboxylic acids is 1. The number of aromatic nitrogens is 1. The van der Waals surface area contributed by atoms with Crippen LogP contribution < -0.4 is 28.9 Å². The van der Waals surface area contributed by atoms with Gasteiger partial charge in [-0.05, 0) is 29.3 Å². The number of benzene rings is 1. The van der Waals surface area contributed by atoms with Crippen LogP contribution in [0.2, 0.25) is 5.02 Å². The smallest absolute Gasteiger partial charge is 0.545 e. The van der Waals surface area contributed by atoms with Gasteiger partial charge in [0.15, 0.2) is 0 Å². The number of anilines is 1. The summed E-state index contributed by atoms with van der Waals surface area (Å²) in [5.41, 5.74) is 2.24. The van der Waals surface area contributed by atoms with E-state index < -0.39 is 5.97 Å². The van der Waals surface area contributed by atoms with Crippen LogP contribution in [0.15, 0.2) is 42.7 Å². The van der Waals surface area contributed by atoms with Crippen LogP contribution >= 0.6 is 11.6 Å². The Balaban J connectivity index is 0.00000208. The molecule has 24 heavy (non-hydrogen) atoms. The SMILES string of the molecule is O=C([O-])c1ccc(CN2CCN(c3ccncc3)CC2)c(Cl)c1.[Li+]. The van der Waals surface area contributed by atoms with Crippen molar-refractivity contribution in [2.24, 2.45) is 0 Å². The average molecular weight is 338 g/mol. The van der Waals surface area contributed by atoms with Gasteiger partial charge in [0.25, 0.3) is 0 Å². The maximum Gasteiger partial charge on any atom is 1.00 e. The van der Waals surface area contributed by atoms with Crippen molar-refractivity contribution >= 4 is 23.3 Å². The largest absolute Gasteiger partial charge is 1.00 e. The molecule has 1 aliphatic rings. The van der Waals surface area contributed by atoms with Gasteiger partial charge in [0, 0.05) is 55.8 Å². The molecule has 1 fully saturated rings. The molecule has 0 radical (unpaired) electrons. The second-order valence-corrected chi connectivity index (χ2v) is 5.97. The second-order valence-electron chi connectivity index (χ2n) is 5.56. The van der Waals surface area contributed by atoms with Gasteiger partial charge in [0.05, 0.1) is 5.97 Å². The van der Waals surface area contributed by atoms with E-state index >= 15 is 0 Å². The summed E-state index contributed by atoms with van der Waals surface area (Å²) in [6, 6.07) is 8.81. The van der Waals surface area contributed by atoms with Crippen molar-refractivity contribution in [2.75, 3.05) is 31.1 Å². The van der Waals surface area contributed by atoms with E-state index in [9.17, 15) is 9.90 Å². The van der Waals surface area contributed by atoms with Crippen LogP contribution in [0.25, 0.3) is 0 Å². The normalized spacial score (nSPS) is 15.0. The quantitative estimate of drug-likeness (QED) is 0.631. The van der Waals surface area contributed by atoms with Crippen LogP contribution in [0.5, 0.6) is 0 Å². The van der Waals surface area contributed by atoms with Crippen LogP contribution in [-0.4, -0.2) is 42.0 Å². The molecule has 1 aliphatic heterocycles. The fourth-order valence-corrected chi connectivity index (χ4v) is 3.00. The summed E-state index contributed by atoms with van der Waals surface area (Å²) in [6.45, 7) is 4.47. The minimum Gasteiger partial charge on any atom is -0.545 e. The molecule has 1 aromatic carbocycles. The first-order valence-electron chi connectivity index (χ1n) is 7.50. The summed E-state index contributed by atoms with van der Waals surface area (Å²) < 4.78 is 0. The fourth-order valence-electron chi connectivity index (χ4n) is 2.76. The van der Waals surface area contributed by atoms with Crippen LogP contribution in [0.3, 0.4) is 0 Å². The predicted molar refractivity (Wildman–Crippen MR) is 87.5 cm³/mol. The molecule has 0 aliphatic carbocycles. The van der Waals surface area contributed by atoms with E-state index in [2.05, 4.69) is 14.8 Å². The molecule has 2 aromatic rings. The molecule has 0 amide bonds. The molecular weight excluding hydrogens is 321 g/mol. The third kappa shape index (κ3) is 4.52. The summed E-state index contributed by atoms with van der Waals surface area (Å²) in [4.78, 5) is 19.5. The predicted octanol–water partition coefficient (Wildman–Crippen LogP) is -1.58. The summed E-state index contributed by atoms with van der Waals surface area (Å²) in [5, 5.41) is 11.3. The number of carboxylic acid groups (broad SMARTS) is 1. The molecule has 0 spiro atoms. The third-order valence-electron chi connectivity index (χ3n) is 4.08. The number of pyridine rings is 1. The van der Waals surface area contributed by atoms with Crippen molar-refractivity contribution in [3.8, 4) is 0 Å². The topological polar surface area (TPSA) is 59.5 Å². The van der Waals surface area contributed by atoms with Crippen LogP contribution in [0.4, 0.5) is 5.69 Å². The minimum absolute atomic E-state index is 0. The molecule has 0 saturated carbocycles. The van der Waals surface area contributed by atoms with E-state index in [0.29, 0.717) is 5.02 Å². The van der Waals surface area contributed by atoms with Gasteiger partial charge in [0.1, 0.15) is 0 Å². The first kappa shape index (κ1) is 18.8. The van der Waals surface area contributed by atoms with Gasteiger partial charge in [-0.25, -0.2) is 0 Å². The van der Waals surface area contributed by atoms with Crippen molar-refractivity contribution in [3.05, 3.63) is 58.9 Å². The fraction of sp³-hybridized carbons (Fsp3) is 0.294. The Bertz CT molecular complexity index is 691. The van der Waals surface area contributed by atoms with Gasteiger partial charge in [-0.3, -0.25) is 9.88 Å². The minimum atomic E-state index is -1.20. The number of nitrogens with zero attached hydrogens (tertiary/aromatic N) is 3. The molecule has 0 unspecified atom stereocenters. The number of rotatable bonds is 4. The van der Waals surface area contributed by atoms with E-state index in [1.807, 2.05) is 12.1 Å². The second kappa shape index (κ2) is 8.55. The number of hydrogen-bond acceptors (Lipinski definition) is 5. The van der Waals surface area contributed by atoms with Gasteiger partial charge >= 0.3 is 18.9 Å². The zero-order valence-corrected chi connectivity index (χ0v) is 14.4. The first-order chi connectivity index (χ1) is 11.1. The maximum atomic E-state index is 10.8. The molecule has 0 atom stereocenters. The third-order valence-corrected chi connectivity index (χ3v) is 4.43. The van der Waals surface area contributed by atoms with Crippen LogP contribution in [0.1, 0.15) is 15.9 Å². The standard InChI is InChI=1S/C17H18ClN3O2.Li/c18-16-11-13(17(22)23)1-2-14(16)12-20-7-9-21(10-8-20)15-3-5-19-6-4-15;/h1-6,11H,7-10,12H2,(H,22,23);/q;+1/p-1. The first-order valence-corrected chi connectivity index (χ1v) is 7.88. The van der Waals surface area contributed by atoms with E-state index in [-0.39, 0.29) is 24.4 Å². The van der Waals surface area contributed by atoms with Crippen molar-refractivity contribution in [1.82, 2.24) is 9.88 Å². The van der Waals surface area contributed by atoms with Gasteiger partial charge in [-0.2, -0.15) is 0 Å². The Morgan fingerprint density at radius 3 is 2.38 bits per heavy atom. The molecule has 0 N–H and O–H groups in total. The Morgan fingerprint density at radius 1 is 1.12 bits per heavy atom. The molecule has 0 bridgehead atoms. The summed E-state index contributed by atoms with van der Waals surface area (Å²) in [6.07, 6.45) is 3.61. The number of carbonyl (C=O) groups excluding carboxylic acids is 1. The molecule has 5 nitrogen and oxygen atoms in total. The van der Waals surface area contributed by atoms with E-state index in [0.717, 1.165) is 38.3 Å². The summed E-state index contributed by atoms with van der Waals surface area (Å²) in [7, 11) is 0. The zero-order chi connectivity index (χ0) is 16.2. The van der Waals surface area contributed by atoms with Crippen molar-refractivity contribution in [2.45, 2.75) is 6.54 Å². The number of piperazine rings is 1. The zero-order valence-electron chi connectivity index (χ0n) is 13.6. The molecule has 1 aromatic heterocycles. The van der Waals surface area contributed by atoms with Gasteiger partial charge in [0.2, 0.25) is 0 Å². The molecular formula is C17H17ClLiN3O2. The van der Waals surface area contributed by atoms with E-state index in [1.165, 1.54) is 11.8 Å². The summed E-state index contributed by atoms with van der Waals surface area (Å²) in [5.74, 6) is -1.20. The molecule has 2 heterocycles. The Morgan fingerprint density at radius 2 is 1.79 bits per heavy atom. The van der Waals surface area contributed by atoms with Crippen molar-refractivity contribution in [3.63, 3.8) is 0 Å². The average Bonchev–Trinajstić information content (AvgIpc) is 2.58. The van der Waals surface area contributed by atoms with Crippen molar-refractivity contribution < 1.29 is 28.8 Å². The van der Waals surface area contributed by atoms with Crippen LogP contribution in [0, 0.1) is 0 Å². The van der Waals surface area contributed by atoms with Crippen molar-refractivity contribution in [1.29, 1.82) is 0 Å². The number of aromatic carboxylic acids is 1. The number of halogens is 1. The molecule has 3 rings (SSSR count). The Labute approximate surface area is 158 Å². The number of carbonyl (C=O) groups is 1. The van der Waals surface area contributed by atoms with Gasteiger partial charge in [-0.1, -0.05) is 23.7 Å². The molecule has 1 saturated heterocycles. The maximum absolute atomic E-state index is 10.8. The molecule has 7 heteroatoms. The van der Waals surface area contributed by atoms with Gasteiger partial charge < -0.3 is 14.8 Å². The van der Waals surface area contributed by atoms with Gasteiger partial charge in [-0.15, -0.1) is 0 Å². The van der Waals surface area contributed by atoms with E-state index in [1.54, 1.807) is 24.5 Å². The number of hydrogen-bond donors (Lipinski definition) is 0. The molecule has 120 valence electrons.